The van der Waals surface area contributed by atoms with E-state index in [2.05, 4.69) is 9.97 Å². The van der Waals surface area contributed by atoms with Crippen LogP contribution < -0.4 is 9.64 Å². The topological polar surface area (TPSA) is 75.6 Å². The quantitative estimate of drug-likeness (QED) is 0.798. The minimum absolute atomic E-state index is 0.308. The van der Waals surface area contributed by atoms with Gasteiger partial charge in [-0.15, -0.1) is 0 Å². The van der Waals surface area contributed by atoms with Gasteiger partial charge in [0.1, 0.15) is 0 Å². The lowest BCUT2D eigenvalue weighted by Gasteiger charge is -2.35. The smallest absolute Gasteiger partial charge is 0.228 e. The Morgan fingerprint density at radius 1 is 1.17 bits per heavy atom. The van der Waals surface area contributed by atoms with E-state index in [4.69, 9.17) is 4.74 Å². The molecule has 24 heavy (non-hydrogen) atoms. The van der Waals surface area contributed by atoms with Gasteiger partial charge in [0.15, 0.2) is 0 Å². The second-order valence-electron chi connectivity index (χ2n) is 6.57. The Morgan fingerprint density at radius 2 is 1.88 bits per heavy atom. The van der Waals surface area contributed by atoms with Crippen molar-refractivity contribution in [2.24, 2.45) is 5.92 Å². The summed E-state index contributed by atoms with van der Waals surface area (Å²) in [5.41, 5.74) is 0. The molecule has 2 aliphatic rings. The number of hydrogen-bond acceptors (Lipinski definition) is 6. The largest absolute Gasteiger partial charge is 0.481 e. The lowest BCUT2D eigenvalue weighted by atomic mass is 9.91. The molecule has 1 aliphatic heterocycles. The maximum Gasteiger partial charge on any atom is 0.228 e. The molecule has 1 saturated heterocycles. The van der Waals surface area contributed by atoms with Crippen molar-refractivity contribution in [2.45, 2.75) is 32.1 Å². The van der Waals surface area contributed by atoms with E-state index < -0.39 is 10.0 Å². The molecule has 1 saturated carbocycles. The van der Waals surface area contributed by atoms with E-state index in [1.54, 1.807) is 23.7 Å². The third kappa shape index (κ3) is 4.16. The van der Waals surface area contributed by atoms with Gasteiger partial charge in [-0.2, -0.15) is 9.29 Å². The Hall–Kier alpha value is -1.41. The van der Waals surface area contributed by atoms with E-state index >= 15 is 0 Å². The van der Waals surface area contributed by atoms with Crippen LogP contribution in [-0.2, 0) is 10.0 Å². The molecule has 2 heterocycles. The fraction of sp³-hybridized carbons (Fsp3) is 0.750. The van der Waals surface area contributed by atoms with Gasteiger partial charge < -0.3 is 9.64 Å². The molecule has 0 amide bonds. The van der Waals surface area contributed by atoms with Gasteiger partial charge in [0.05, 0.1) is 12.9 Å². The molecule has 1 aromatic rings. The minimum atomic E-state index is -3.16. The average Bonchev–Trinajstić information content (AvgIpc) is 2.62. The van der Waals surface area contributed by atoms with E-state index in [1.807, 2.05) is 4.90 Å². The molecule has 7 nitrogen and oxygen atoms in total. The van der Waals surface area contributed by atoms with Gasteiger partial charge in [0.2, 0.25) is 21.9 Å². The molecule has 134 valence electrons. The SMILES string of the molecule is COc1ccnc(N2CCN(S(=O)(=O)CC3CCCCC3)CC2)n1. The number of aromatic nitrogens is 2. The Bertz CT molecular complexity index is 638. The van der Waals surface area contributed by atoms with Crippen molar-refractivity contribution in [1.82, 2.24) is 14.3 Å². The molecule has 0 spiro atoms. The predicted octanol–water partition coefficient (Wildman–Crippen LogP) is 1.52. The lowest BCUT2D eigenvalue weighted by molar-refractivity contribution is 0.354. The first-order valence-corrected chi connectivity index (χ1v) is 10.3. The summed E-state index contributed by atoms with van der Waals surface area (Å²) in [6, 6.07) is 1.70. The Kier molecular flexibility index (Phi) is 5.55. The molecule has 3 rings (SSSR count). The normalized spacial score (nSPS) is 21.0. The highest BCUT2D eigenvalue weighted by Gasteiger charge is 2.30. The summed E-state index contributed by atoms with van der Waals surface area (Å²) in [7, 11) is -1.59. The van der Waals surface area contributed by atoms with Crippen LogP contribution in [0.5, 0.6) is 5.88 Å². The molecular formula is C16H26N4O3S. The van der Waals surface area contributed by atoms with Crippen molar-refractivity contribution in [1.29, 1.82) is 0 Å². The summed E-state index contributed by atoms with van der Waals surface area (Å²) in [4.78, 5) is 10.6. The average molecular weight is 354 g/mol. The maximum absolute atomic E-state index is 12.7. The Morgan fingerprint density at radius 3 is 2.54 bits per heavy atom. The van der Waals surface area contributed by atoms with Crippen molar-refractivity contribution >= 4 is 16.0 Å². The molecule has 0 bridgehead atoms. The number of methoxy groups -OCH3 is 1. The number of hydrogen-bond donors (Lipinski definition) is 0. The second-order valence-corrected chi connectivity index (χ2v) is 8.58. The van der Waals surface area contributed by atoms with Gasteiger partial charge in [0, 0.05) is 38.4 Å². The van der Waals surface area contributed by atoms with Gasteiger partial charge in [-0.05, 0) is 18.8 Å². The number of sulfonamides is 1. The minimum Gasteiger partial charge on any atom is -0.481 e. The van der Waals surface area contributed by atoms with Crippen molar-refractivity contribution in [3.05, 3.63) is 12.3 Å². The zero-order valence-electron chi connectivity index (χ0n) is 14.2. The van der Waals surface area contributed by atoms with Crippen LogP contribution in [0.2, 0.25) is 0 Å². The number of rotatable bonds is 5. The Labute approximate surface area is 144 Å². The van der Waals surface area contributed by atoms with E-state index in [0.29, 0.717) is 49.7 Å². The van der Waals surface area contributed by atoms with Gasteiger partial charge in [-0.1, -0.05) is 19.3 Å². The monoisotopic (exact) mass is 354 g/mol. The zero-order chi connectivity index (χ0) is 17.0. The van der Waals surface area contributed by atoms with Gasteiger partial charge in [-0.25, -0.2) is 13.4 Å². The molecular weight excluding hydrogens is 328 g/mol. The lowest BCUT2D eigenvalue weighted by Crippen LogP contribution is -2.50. The van der Waals surface area contributed by atoms with Crippen LogP contribution in [0.3, 0.4) is 0 Å². The second kappa shape index (κ2) is 7.65. The van der Waals surface area contributed by atoms with Crippen LogP contribution in [0.25, 0.3) is 0 Å². The molecule has 0 N–H and O–H groups in total. The third-order valence-corrected chi connectivity index (χ3v) is 6.96. The maximum atomic E-state index is 12.7. The van der Waals surface area contributed by atoms with E-state index in [0.717, 1.165) is 12.8 Å². The molecule has 1 aromatic heterocycles. The van der Waals surface area contributed by atoms with Crippen LogP contribution in [0.1, 0.15) is 32.1 Å². The van der Waals surface area contributed by atoms with Crippen molar-refractivity contribution in [2.75, 3.05) is 43.9 Å². The van der Waals surface area contributed by atoms with Gasteiger partial charge >= 0.3 is 0 Å². The van der Waals surface area contributed by atoms with Gasteiger partial charge in [-0.3, -0.25) is 0 Å². The number of anilines is 1. The van der Waals surface area contributed by atoms with Crippen LogP contribution in [-0.4, -0.2) is 61.7 Å². The Balaban J connectivity index is 1.57. The van der Waals surface area contributed by atoms with Crippen LogP contribution in [0.15, 0.2) is 12.3 Å². The molecule has 0 aromatic carbocycles. The summed E-state index contributed by atoms with van der Waals surface area (Å²) in [6.07, 6.45) is 7.35. The van der Waals surface area contributed by atoms with Crippen LogP contribution >= 0.6 is 0 Å². The summed E-state index contributed by atoms with van der Waals surface area (Å²) >= 11 is 0. The van der Waals surface area contributed by atoms with E-state index in [1.165, 1.54) is 19.3 Å². The first-order chi connectivity index (χ1) is 11.6. The number of nitrogens with zero attached hydrogens (tertiary/aromatic N) is 4. The predicted molar refractivity (Wildman–Crippen MR) is 92.7 cm³/mol. The van der Waals surface area contributed by atoms with Crippen molar-refractivity contribution < 1.29 is 13.2 Å². The standard InChI is InChI=1S/C16H26N4O3S/c1-23-15-7-8-17-16(18-15)19-9-11-20(12-10-19)24(21,22)13-14-5-3-2-4-6-14/h7-8,14H,2-6,9-13H2,1H3. The molecule has 0 unspecified atom stereocenters. The first-order valence-electron chi connectivity index (χ1n) is 8.68. The highest BCUT2D eigenvalue weighted by Crippen LogP contribution is 2.26. The van der Waals surface area contributed by atoms with Crippen LogP contribution in [0, 0.1) is 5.92 Å². The fourth-order valence-corrected chi connectivity index (χ4v) is 5.38. The zero-order valence-corrected chi connectivity index (χ0v) is 15.0. The molecule has 1 aliphatic carbocycles. The summed E-state index contributed by atoms with van der Waals surface area (Å²) in [6.45, 7) is 2.21. The third-order valence-electron chi connectivity index (χ3n) is 4.91. The number of piperazine rings is 1. The molecule has 0 radical (unpaired) electrons. The van der Waals surface area contributed by atoms with Gasteiger partial charge in [0.25, 0.3) is 0 Å². The molecule has 8 heteroatoms. The summed E-state index contributed by atoms with van der Waals surface area (Å²) < 4.78 is 32.1. The molecule has 2 fully saturated rings. The summed E-state index contributed by atoms with van der Waals surface area (Å²) in [5, 5.41) is 0. The molecule has 0 atom stereocenters. The highest BCUT2D eigenvalue weighted by atomic mass is 32.2. The number of ether oxygens (including phenoxy) is 1. The van der Waals surface area contributed by atoms with Crippen LogP contribution in [0.4, 0.5) is 5.95 Å². The van der Waals surface area contributed by atoms with E-state index in [9.17, 15) is 8.42 Å². The first kappa shape index (κ1) is 17.4. The fourth-order valence-electron chi connectivity index (χ4n) is 3.52. The summed E-state index contributed by atoms with van der Waals surface area (Å²) in [5.74, 6) is 1.76. The highest BCUT2D eigenvalue weighted by molar-refractivity contribution is 7.89. The van der Waals surface area contributed by atoms with E-state index in [-0.39, 0.29) is 0 Å². The van der Waals surface area contributed by atoms with Crippen molar-refractivity contribution in [3.8, 4) is 5.88 Å². The van der Waals surface area contributed by atoms with Crippen molar-refractivity contribution in [3.63, 3.8) is 0 Å².